The molecule has 0 N–H and O–H groups in total. The van der Waals surface area contributed by atoms with Gasteiger partial charge in [0.15, 0.2) is 0 Å². The van der Waals surface area contributed by atoms with Gasteiger partial charge in [-0.05, 0) is 111 Å². The van der Waals surface area contributed by atoms with Gasteiger partial charge in [-0.2, -0.15) is 8.42 Å². The van der Waals surface area contributed by atoms with Gasteiger partial charge in [0.2, 0.25) is 0 Å². The van der Waals surface area contributed by atoms with E-state index in [4.69, 9.17) is 30.0 Å². The minimum atomic E-state index is -3.50. The van der Waals surface area contributed by atoms with E-state index in [1.807, 2.05) is 18.2 Å². The van der Waals surface area contributed by atoms with Gasteiger partial charge in [0.1, 0.15) is 5.75 Å². The number of aryl methyl sites for hydroxylation is 1. The molecular formula is C34H44ClNO7S. The summed E-state index contributed by atoms with van der Waals surface area (Å²) in [5.74, 6) is 1.40. The third-order valence-corrected chi connectivity index (χ3v) is 11.4. The van der Waals surface area contributed by atoms with Crippen LogP contribution in [-0.4, -0.2) is 66.8 Å². The van der Waals surface area contributed by atoms with Crippen LogP contribution < -0.4 is 9.64 Å². The average molecular weight is 646 g/mol. The lowest BCUT2D eigenvalue weighted by Crippen LogP contribution is -2.51. The van der Waals surface area contributed by atoms with Gasteiger partial charge in [-0.1, -0.05) is 24.1 Å². The molecule has 8 nitrogen and oxygen atoms in total. The number of rotatable bonds is 8. The van der Waals surface area contributed by atoms with Crippen molar-refractivity contribution in [3.05, 3.63) is 58.1 Å². The Morgan fingerprint density at radius 3 is 2.68 bits per heavy atom. The molecule has 0 amide bonds. The van der Waals surface area contributed by atoms with Crippen molar-refractivity contribution < 1.29 is 31.6 Å². The number of esters is 1. The van der Waals surface area contributed by atoms with Crippen molar-refractivity contribution in [2.75, 3.05) is 45.1 Å². The fourth-order valence-corrected chi connectivity index (χ4v) is 9.29. The van der Waals surface area contributed by atoms with Crippen LogP contribution in [0.1, 0.15) is 72.9 Å². The summed E-state index contributed by atoms with van der Waals surface area (Å²) in [6.45, 7) is 2.14. The average Bonchev–Trinajstić information content (AvgIpc) is 3.13. The topological polar surface area (TPSA) is 91.4 Å². The molecule has 2 unspecified atom stereocenters. The maximum Gasteiger partial charge on any atom is 0.337 e. The van der Waals surface area contributed by atoms with Gasteiger partial charge in [-0.3, -0.25) is 4.18 Å². The number of carbonyl (C=O) groups is 1. The van der Waals surface area contributed by atoms with Crippen LogP contribution in [0.5, 0.6) is 5.75 Å². The molecule has 44 heavy (non-hydrogen) atoms. The molecule has 4 aliphatic rings. The number of hydrogen-bond donors (Lipinski definition) is 0. The van der Waals surface area contributed by atoms with Crippen molar-refractivity contribution in [3.63, 3.8) is 0 Å². The minimum absolute atomic E-state index is 0.0373. The normalized spacial score (nSPS) is 29.0. The van der Waals surface area contributed by atoms with Crippen LogP contribution in [0.4, 0.5) is 5.69 Å². The van der Waals surface area contributed by atoms with Crippen molar-refractivity contribution >= 4 is 33.4 Å². The Bertz CT molecular complexity index is 1480. The Hall–Kier alpha value is -2.33. The van der Waals surface area contributed by atoms with Crippen LogP contribution in [0.2, 0.25) is 5.02 Å². The smallest absolute Gasteiger partial charge is 0.337 e. The van der Waals surface area contributed by atoms with Crippen molar-refractivity contribution in [2.45, 2.75) is 75.4 Å². The molecule has 2 saturated carbocycles. The highest BCUT2D eigenvalue weighted by Gasteiger charge is 2.46. The predicted octanol–water partition coefficient (Wildman–Crippen LogP) is 6.18. The highest BCUT2D eigenvalue weighted by molar-refractivity contribution is 7.86. The number of carbonyl (C=O) groups excluding carboxylic acids is 1. The van der Waals surface area contributed by atoms with E-state index in [9.17, 15) is 13.2 Å². The SMILES string of the molecule is COC(=O)c1ccc2c(c1)N(C[C@@H]1CC[C@H]1C(OC)[C@H]1CCC[C@H](OS(C)(=O)=O)C1)CC1(CCCc3cc(Cl)ccc31)CO2. The maximum absolute atomic E-state index is 12.6. The van der Waals surface area contributed by atoms with E-state index in [1.54, 1.807) is 13.2 Å². The van der Waals surface area contributed by atoms with E-state index >= 15 is 0 Å². The molecule has 240 valence electrons. The number of hydrogen-bond acceptors (Lipinski definition) is 8. The predicted molar refractivity (Wildman–Crippen MR) is 170 cm³/mol. The fourth-order valence-electron chi connectivity index (χ4n) is 8.43. The summed E-state index contributed by atoms with van der Waals surface area (Å²) in [7, 11) is -0.308. The zero-order valence-corrected chi connectivity index (χ0v) is 27.5. The lowest BCUT2D eigenvalue weighted by atomic mass is 9.65. The van der Waals surface area contributed by atoms with Crippen LogP contribution in [0.15, 0.2) is 36.4 Å². The van der Waals surface area contributed by atoms with E-state index in [0.717, 1.165) is 87.2 Å². The van der Waals surface area contributed by atoms with E-state index in [1.165, 1.54) is 18.2 Å². The lowest BCUT2D eigenvalue weighted by Gasteiger charge is -2.48. The zero-order valence-electron chi connectivity index (χ0n) is 25.9. The Balaban J connectivity index is 1.29. The molecule has 1 spiro atoms. The van der Waals surface area contributed by atoms with Gasteiger partial charge in [-0.15, -0.1) is 0 Å². The van der Waals surface area contributed by atoms with Crippen LogP contribution >= 0.6 is 11.6 Å². The van der Waals surface area contributed by atoms with E-state index in [2.05, 4.69) is 17.0 Å². The second-order valence-corrected chi connectivity index (χ2v) is 15.4. The number of fused-ring (bicyclic) bond motifs is 3. The molecule has 6 rings (SSSR count). The summed E-state index contributed by atoms with van der Waals surface area (Å²) < 4.78 is 47.0. The van der Waals surface area contributed by atoms with E-state index in [0.29, 0.717) is 30.4 Å². The van der Waals surface area contributed by atoms with Gasteiger partial charge in [0.05, 0.1) is 43.4 Å². The molecule has 2 aromatic carbocycles. The van der Waals surface area contributed by atoms with Crippen molar-refractivity contribution in [1.82, 2.24) is 0 Å². The summed E-state index contributed by atoms with van der Waals surface area (Å²) in [5.41, 5.74) is 3.81. The third kappa shape index (κ3) is 6.48. The molecule has 2 aromatic rings. The molecule has 1 aliphatic heterocycles. The van der Waals surface area contributed by atoms with Gasteiger partial charge < -0.3 is 19.1 Å². The summed E-state index contributed by atoms with van der Waals surface area (Å²) in [4.78, 5) is 15.0. The summed E-state index contributed by atoms with van der Waals surface area (Å²) in [5, 5.41) is 0.757. The standard InChI is InChI=1S/C34H44ClNO7S/c1-40-32(23-6-4-8-27(17-23)43-44(3,38)39)28-12-9-25(28)19-36-20-34(15-5-7-22-16-26(35)11-13-29(22)34)21-42-31-14-10-24(18-30(31)36)33(37)41-2/h10-11,13-14,16,18,23,25,27-28,32H,4-9,12,15,17,19-21H2,1-3H3/t23-,25-,27-,28+,32?,34?/m0/s1. The molecule has 1 heterocycles. The van der Waals surface area contributed by atoms with Crippen molar-refractivity contribution in [2.24, 2.45) is 17.8 Å². The number of ether oxygens (including phenoxy) is 3. The number of methoxy groups -OCH3 is 2. The Labute approximate surface area is 266 Å². The number of benzene rings is 2. The molecule has 0 aromatic heterocycles. The van der Waals surface area contributed by atoms with Gasteiger partial charge in [0.25, 0.3) is 10.1 Å². The van der Waals surface area contributed by atoms with Crippen molar-refractivity contribution in [3.8, 4) is 5.75 Å². The first-order valence-corrected chi connectivity index (χ1v) is 18.1. The van der Waals surface area contributed by atoms with E-state index < -0.39 is 10.1 Å². The van der Waals surface area contributed by atoms with Crippen LogP contribution in [-0.2, 0) is 35.6 Å². The molecular weight excluding hydrogens is 602 g/mol. The Morgan fingerprint density at radius 1 is 1.11 bits per heavy atom. The highest BCUT2D eigenvalue weighted by Crippen LogP contribution is 2.48. The summed E-state index contributed by atoms with van der Waals surface area (Å²) in [6.07, 6.45) is 9.51. The molecule has 10 heteroatoms. The first-order chi connectivity index (χ1) is 21.1. The van der Waals surface area contributed by atoms with Crippen LogP contribution in [0.25, 0.3) is 0 Å². The molecule has 0 saturated heterocycles. The third-order valence-electron chi connectivity index (χ3n) is 10.5. The number of halogens is 1. The second kappa shape index (κ2) is 12.8. The maximum atomic E-state index is 12.6. The quantitative estimate of drug-likeness (QED) is 0.249. The molecule has 3 aliphatic carbocycles. The van der Waals surface area contributed by atoms with Gasteiger partial charge >= 0.3 is 5.97 Å². The monoisotopic (exact) mass is 645 g/mol. The molecule has 0 bridgehead atoms. The zero-order chi connectivity index (χ0) is 31.1. The second-order valence-electron chi connectivity index (χ2n) is 13.3. The summed E-state index contributed by atoms with van der Waals surface area (Å²) in [6, 6.07) is 11.9. The van der Waals surface area contributed by atoms with Crippen LogP contribution in [0.3, 0.4) is 0 Å². The molecule has 0 radical (unpaired) electrons. The number of nitrogens with zero attached hydrogens (tertiary/aromatic N) is 1. The molecule has 6 atom stereocenters. The highest BCUT2D eigenvalue weighted by atomic mass is 35.5. The largest absolute Gasteiger partial charge is 0.490 e. The van der Waals surface area contributed by atoms with Crippen LogP contribution in [0, 0.1) is 17.8 Å². The minimum Gasteiger partial charge on any atom is -0.490 e. The fraction of sp³-hybridized carbons (Fsp3) is 0.618. The van der Waals surface area contributed by atoms with Gasteiger partial charge in [0, 0.05) is 30.6 Å². The van der Waals surface area contributed by atoms with Crippen molar-refractivity contribution in [1.29, 1.82) is 0 Å². The van der Waals surface area contributed by atoms with Gasteiger partial charge in [-0.25, -0.2) is 4.79 Å². The first kappa shape index (κ1) is 31.6. The van der Waals surface area contributed by atoms with E-state index in [-0.39, 0.29) is 29.5 Å². The summed E-state index contributed by atoms with van der Waals surface area (Å²) >= 11 is 6.42. The Morgan fingerprint density at radius 2 is 1.95 bits per heavy atom. The Kier molecular flexibility index (Phi) is 9.22. The molecule has 2 fully saturated rings. The first-order valence-electron chi connectivity index (χ1n) is 15.9. The number of anilines is 1. The lowest BCUT2D eigenvalue weighted by molar-refractivity contribution is -0.0693.